The van der Waals surface area contributed by atoms with Crippen LogP contribution in [0.4, 0.5) is 0 Å². The second-order valence-corrected chi connectivity index (χ2v) is 6.57. The second-order valence-electron chi connectivity index (χ2n) is 6.57. The maximum absolute atomic E-state index is 12.2. The standard InChI is InChI=1S/C21H24N2O2/c1-15-8-9-16(2)19(12-15)25-20-11-10-17(13-22-20)14-23-21(24)18-6-4-3-5-7-18/h3-4,8-13,18H,5-7,14H2,1-2H3,(H,23,24). The first-order chi connectivity index (χ1) is 12.1. The molecule has 2 aromatic rings. The minimum atomic E-state index is 0.102. The number of aryl methyl sites for hydroxylation is 2. The van der Waals surface area contributed by atoms with E-state index < -0.39 is 0 Å². The first kappa shape index (κ1) is 17.2. The summed E-state index contributed by atoms with van der Waals surface area (Å²) < 4.78 is 5.86. The third kappa shape index (κ3) is 4.69. The molecule has 3 rings (SSSR count). The Morgan fingerprint density at radius 3 is 2.84 bits per heavy atom. The SMILES string of the molecule is Cc1ccc(C)c(Oc2ccc(CNC(=O)C3CC=CCC3)cn2)c1. The maximum Gasteiger partial charge on any atom is 0.223 e. The molecule has 1 aliphatic carbocycles. The van der Waals surface area contributed by atoms with Gasteiger partial charge < -0.3 is 10.1 Å². The van der Waals surface area contributed by atoms with E-state index in [1.54, 1.807) is 6.20 Å². The number of hydrogen-bond donors (Lipinski definition) is 1. The predicted molar refractivity (Wildman–Crippen MR) is 98.6 cm³/mol. The van der Waals surface area contributed by atoms with Crippen molar-refractivity contribution in [2.45, 2.75) is 39.7 Å². The minimum absolute atomic E-state index is 0.102. The molecule has 25 heavy (non-hydrogen) atoms. The molecule has 0 bridgehead atoms. The molecule has 1 amide bonds. The van der Waals surface area contributed by atoms with E-state index in [0.29, 0.717) is 12.4 Å². The Morgan fingerprint density at radius 2 is 2.12 bits per heavy atom. The number of allylic oxidation sites excluding steroid dienone is 2. The molecule has 1 heterocycles. The molecule has 1 aliphatic rings. The van der Waals surface area contributed by atoms with Crippen molar-refractivity contribution >= 4 is 5.91 Å². The van der Waals surface area contributed by atoms with Crippen molar-refractivity contribution in [2.75, 3.05) is 0 Å². The summed E-state index contributed by atoms with van der Waals surface area (Å²) in [6.45, 7) is 4.54. The number of hydrogen-bond acceptors (Lipinski definition) is 3. The van der Waals surface area contributed by atoms with Crippen molar-refractivity contribution in [3.8, 4) is 11.6 Å². The van der Waals surface area contributed by atoms with Gasteiger partial charge in [0.2, 0.25) is 11.8 Å². The molecular weight excluding hydrogens is 312 g/mol. The van der Waals surface area contributed by atoms with Gasteiger partial charge in [0.25, 0.3) is 0 Å². The third-order valence-corrected chi connectivity index (χ3v) is 4.46. The van der Waals surface area contributed by atoms with Gasteiger partial charge in [0.1, 0.15) is 5.75 Å². The number of rotatable bonds is 5. The van der Waals surface area contributed by atoms with Crippen LogP contribution in [0.15, 0.2) is 48.7 Å². The van der Waals surface area contributed by atoms with Crippen LogP contribution in [-0.4, -0.2) is 10.9 Å². The van der Waals surface area contributed by atoms with E-state index in [0.717, 1.165) is 41.7 Å². The van der Waals surface area contributed by atoms with Crippen molar-refractivity contribution in [3.05, 3.63) is 65.4 Å². The van der Waals surface area contributed by atoms with Crippen LogP contribution in [-0.2, 0) is 11.3 Å². The fraction of sp³-hybridized carbons (Fsp3) is 0.333. The summed E-state index contributed by atoms with van der Waals surface area (Å²) >= 11 is 0. The molecule has 130 valence electrons. The lowest BCUT2D eigenvalue weighted by Gasteiger charge is -2.17. The van der Waals surface area contributed by atoms with Gasteiger partial charge in [-0.3, -0.25) is 4.79 Å². The molecule has 0 fully saturated rings. The number of pyridine rings is 1. The van der Waals surface area contributed by atoms with E-state index in [1.165, 1.54) is 0 Å². The lowest BCUT2D eigenvalue weighted by atomic mass is 9.93. The lowest BCUT2D eigenvalue weighted by Crippen LogP contribution is -2.30. The van der Waals surface area contributed by atoms with Gasteiger partial charge in [-0.15, -0.1) is 0 Å². The Morgan fingerprint density at radius 1 is 1.24 bits per heavy atom. The Labute approximate surface area is 148 Å². The number of benzene rings is 1. The predicted octanol–water partition coefficient (Wildman–Crippen LogP) is 4.46. The van der Waals surface area contributed by atoms with E-state index in [2.05, 4.69) is 28.5 Å². The molecule has 4 nitrogen and oxygen atoms in total. The summed E-state index contributed by atoms with van der Waals surface area (Å²) in [7, 11) is 0. The Kier molecular flexibility index (Phi) is 5.49. The summed E-state index contributed by atoms with van der Waals surface area (Å²) in [5.41, 5.74) is 3.19. The fourth-order valence-corrected chi connectivity index (χ4v) is 2.87. The minimum Gasteiger partial charge on any atom is -0.439 e. The van der Waals surface area contributed by atoms with E-state index >= 15 is 0 Å². The number of carbonyl (C=O) groups is 1. The third-order valence-electron chi connectivity index (χ3n) is 4.46. The van der Waals surface area contributed by atoms with Crippen molar-refractivity contribution in [1.29, 1.82) is 0 Å². The van der Waals surface area contributed by atoms with Gasteiger partial charge in [-0.25, -0.2) is 4.98 Å². The average Bonchev–Trinajstić information content (AvgIpc) is 2.64. The summed E-state index contributed by atoms with van der Waals surface area (Å²) in [6, 6.07) is 9.88. The number of amides is 1. The van der Waals surface area contributed by atoms with Crippen molar-refractivity contribution < 1.29 is 9.53 Å². The van der Waals surface area contributed by atoms with Crippen LogP contribution < -0.4 is 10.1 Å². The Hall–Kier alpha value is -2.62. The van der Waals surface area contributed by atoms with Crippen molar-refractivity contribution in [3.63, 3.8) is 0 Å². The highest BCUT2D eigenvalue weighted by Gasteiger charge is 2.18. The fourth-order valence-electron chi connectivity index (χ4n) is 2.87. The molecule has 4 heteroatoms. The summed E-state index contributed by atoms with van der Waals surface area (Å²) in [6.07, 6.45) is 8.75. The average molecular weight is 336 g/mol. The molecule has 0 saturated heterocycles. The number of nitrogens with one attached hydrogen (secondary N) is 1. The number of ether oxygens (including phenoxy) is 1. The summed E-state index contributed by atoms with van der Waals surface area (Å²) in [5, 5.41) is 3.00. The molecule has 1 N–H and O–H groups in total. The molecule has 1 atom stereocenters. The van der Waals surface area contributed by atoms with Crippen LogP contribution in [0.5, 0.6) is 11.6 Å². The smallest absolute Gasteiger partial charge is 0.223 e. The maximum atomic E-state index is 12.2. The molecule has 0 radical (unpaired) electrons. The first-order valence-corrected chi connectivity index (χ1v) is 8.74. The van der Waals surface area contributed by atoms with E-state index in [1.807, 2.05) is 38.1 Å². The zero-order chi connectivity index (χ0) is 17.6. The number of nitrogens with zero attached hydrogens (tertiary/aromatic N) is 1. The van der Waals surface area contributed by atoms with Gasteiger partial charge >= 0.3 is 0 Å². The van der Waals surface area contributed by atoms with E-state index in [9.17, 15) is 4.79 Å². The lowest BCUT2D eigenvalue weighted by molar-refractivity contribution is -0.125. The zero-order valence-electron chi connectivity index (χ0n) is 14.8. The van der Waals surface area contributed by atoms with Crippen LogP contribution in [0, 0.1) is 19.8 Å². The van der Waals surface area contributed by atoms with Gasteiger partial charge in [-0.05, 0) is 55.9 Å². The molecule has 1 aromatic heterocycles. The van der Waals surface area contributed by atoms with Gasteiger partial charge in [0.05, 0.1) is 0 Å². The van der Waals surface area contributed by atoms with Gasteiger partial charge in [-0.2, -0.15) is 0 Å². The van der Waals surface area contributed by atoms with Crippen LogP contribution in [0.3, 0.4) is 0 Å². The van der Waals surface area contributed by atoms with E-state index in [4.69, 9.17) is 4.74 Å². The molecule has 0 spiro atoms. The highest BCUT2D eigenvalue weighted by Crippen LogP contribution is 2.24. The van der Waals surface area contributed by atoms with Gasteiger partial charge in [0.15, 0.2) is 0 Å². The molecule has 1 unspecified atom stereocenters. The highest BCUT2D eigenvalue weighted by atomic mass is 16.5. The summed E-state index contributed by atoms with van der Waals surface area (Å²) in [4.78, 5) is 16.5. The zero-order valence-corrected chi connectivity index (χ0v) is 14.8. The Bertz CT molecular complexity index is 766. The van der Waals surface area contributed by atoms with Crippen LogP contribution >= 0.6 is 0 Å². The topological polar surface area (TPSA) is 51.2 Å². The molecular formula is C21H24N2O2. The van der Waals surface area contributed by atoms with Gasteiger partial charge in [-0.1, -0.05) is 30.4 Å². The molecule has 0 saturated carbocycles. The van der Waals surface area contributed by atoms with Crippen LogP contribution in [0.1, 0.15) is 36.0 Å². The highest BCUT2D eigenvalue weighted by molar-refractivity contribution is 5.78. The summed E-state index contributed by atoms with van der Waals surface area (Å²) in [5.74, 6) is 1.60. The Balaban J connectivity index is 1.56. The molecule has 0 aliphatic heterocycles. The van der Waals surface area contributed by atoms with E-state index in [-0.39, 0.29) is 11.8 Å². The van der Waals surface area contributed by atoms with Crippen molar-refractivity contribution in [1.82, 2.24) is 10.3 Å². The van der Waals surface area contributed by atoms with Gasteiger partial charge in [0, 0.05) is 24.7 Å². The number of carbonyl (C=O) groups excluding carboxylic acids is 1. The first-order valence-electron chi connectivity index (χ1n) is 8.74. The normalized spacial score (nSPS) is 16.5. The quantitative estimate of drug-likeness (QED) is 0.820. The van der Waals surface area contributed by atoms with Crippen LogP contribution in [0.25, 0.3) is 0 Å². The molecule has 1 aromatic carbocycles. The number of aromatic nitrogens is 1. The van der Waals surface area contributed by atoms with Crippen LogP contribution in [0.2, 0.25) is 0 Å². The van der Waals surface area contributed by atoms with Crippen molar-refractivity contribution in [2.24, 2.45) is 5.92 Å². The largest absolute Gasteiger partial charge is 0.439 e. The second kappa shape index (κ2) is 7.97. The monoisotopic (exact) mass is 336 g/mol.